The Morgan fingerprint density at radius 2 is 2.26 bits per heavy atom. The zero-order chi connectivity index (χ0) is 16.1. The fraction of sp³-hybridized carbons (Fsp3) is 0.294. The number of thioether (sulfide) groups is 1. The van der Waals surface area contributed by atoms with Crippen LogP contribution in [0.5, 0.6) is 0 Å². The molecule has 1 aliphatic rings. The highest BCUT2D eigenvalue weighted by molar-refractivity contribution is 7.98. The average molecular weight is 346 g/mol. The van der Waals surface area contributed by atoms with E-state index in [0.717, 1.165) is 22.8 Å². The van der Waals surface area contributed by atoms with E-state index in [4.69, 9.17) is 5.11 Å². The zero-order valence-electron chi connectivity index (χ0n) is 12.5. The van der Waals surface area contributed by atoms with Crippen LogP contribution in [-0.2, 0) is 5.75 Å². The molecular formula is C17H18N2O2S2. The Bertz CT molecular complexity index is 686. The summed E-state index contributed by atoms with van der Waals surface area (Å²) in [5.41, 5.74) is 3.53. The number of benzene rings is 1. The first-order valence-electron chi connectivity index (χ1n) is 7.45. The largest absolute Gasteiger partial charge is 0.396 e. The van der Waals surface area contributed by atoms with Crippen molar-refractivity contribution in [2.75, 3.05) is 6.61 Å². The number of nitrogens with one attached hydrogen (secondary N) is 1. The van der Waals surface area contributed by atoms with E-state index in [2.05, 4.69) is 10.3 Å². The number of aliphatic hydroxyl groups excluding tert-OH is 1. The summed E-state index contributed by atoms with van der Waals surface area (Å²) in [5.74, 6) is 0.832. The van der Waals surface area contributed by atoms with Crippen LogP contribution in [-0.4, -0.2) is 28.6 Å². The third-order valence-electron chi connectivity index (χ3n) is 3.71. The lowest BCUT2D eigenvalue weighted by atomic mass is 10.1. The second-order valence-corrected chi connectivity index (χ2v) is 7.14. The first kappa shape index (κ1) is 16.2. The summed E-state index contributed by atoms with van der Waals surface area (Å²) in [6, 6.07) is 7.63. The number of hydrogen-bond acceptors (Lipinski definition) is 5. The van der Waals surface area contributed by atoms with E-state index in [1.807, 2.05) is 47.3 Å². The highest BCUT2D eigenvalue weighted by atomic mass is 32.2. The molecule has 3 rings (SSSR count). The molecule has 0 radical (unpaired) electrons. The van der Waals surface area contributed by atoms with Gasteiger partial charge in [0.15, 0.2) is 0 Å². The highest BCUT2D eigenvalue weighted by Gasteiger charge is 2.21. The molecular weight excluding hydrogens is 328 g/mol. The second-order valence-electron chi connectivity index (χ2n) is 5.41. The number of carbonyl (C=O) groups is 1. The monoisotopic (exact) mass is 346 g/mol. The lowest BCUT2D eigenvalue weighted by Crippen LogP contribution is -2.33. The molecule has 1 aromatic heterocycles. The number of hydrogen-bond donors (Lipinski definition) is 2. The molecule has 0 fully saturated rings. The molecule has 0 unspecified atom stereocenters. The molecule has 2 N–H and O–H groups in total. The van der Waals surface area contributed by atoms with E-state index in [1.165, 1.54) is 0 Å². The van der Waals surface area contributed by atoms with Gasteiger partial charge >= 0.3 is 0 Å². The summed E-state index contributed by atoms with van der Waals surface area (Å²) in [6.07, 6.45) is 4.69. The maximum absolute atomic E-state index is 12.5. The molecule has 1 amide bonds. The summed E-state index contributed by atoms with van der Waals surface area (Å²) in [6.45, 7) is 0.128. The summed E-state index contributed by atoms with van der Waals surface area (Å²) in [4.78, 5) is 17.8. The number of carbonyl (C=O) groups excluding carboxylic acids is 1. The Morgan fingerprint density at radius 1 is 1.39 bits per heavy atom. The predicted octanol–water partition coefficient (Wildman–Crippen LogP) is 3.10. The number of thiazole rings is 1. The third kappa shape index (κ3) is 4.22. The minimum Gasteiger partial charge on any atom is -0.396 e. The van der Waals surface area contributed by atoms with Crippen LogP contribution in [0, 0.1) is 5.92 Å². The Kier molecular flexibility index (Phi) is 5.48. The van der Waals surface area contributed by atoms with Gasteiger partial charge in [-0.25, -0.2) is 4.98 Å². The zero-order valence-corrected chi connectivity index (χ0v) is 14.1. The fourth-order valence-corrected chi connectivity index (χ4v) is 4.12. The Hall–Kier alpha value is -1.63. The molecule has 1 heterocycles. The van der Waals surface area contributed by atoms with Crippen molar-refractivity contribution in [2.24, 2.45) is 5.92 Å². The SMILES string of the molecule is O=C(N[C@@H]1C=C[C@H](CO)C1)c1ccccc1SCc1cscn1. The lowest BCUT2D eigenvalue weighted by Gasteiger charge is -2.14. The van der Waals surface area contributed by atoms with Crippen LogP contribution < -0.4 is 5.32 Å². The van der Waals surface area contributed by atoms with Gasteiger partial charge in [-0.1, -0.05) is 24.3 Å². The number of nitrogens with zero attached hydrogens (tertiary/aromatic N) is 1. The molecule has 0 spiro atoms. The van der Waals surface area contributed by atoms with Gasteiger partial charge in [0.05, 0.1) is 16.8 Å². The molecule has 1 aromatic carbocycles. The summed E-state index contributed by atoms with van der Waals surface area (Å²) in [5, 5.41) is 14.2. The fourth-order valence-electron chi connectivity index (χ4n) is 2.50. The molecule has 2 aromatic rings. The van der Waals surface area contributed by atoms with Crippen LogP contribution in [0.3, 0.4) is 0 Å². The van der Waals surface area contributed by atoms with Crippen molar-refractivity contribution in [3.05, 3.63) is 58.6 Å². The second kappa shape index (κ2) is 7.77. The van der Waals surface area contributed by atoms with Gasteiger partial charge in [-0.15, -0.1) is 23.1 Å². The normalized spacial score (nSPS) is 19.9. The van der Waals surface area contributed by atoms with Gasteiger partial charge in [0, 0.05) is 34.6 Å². The van der Waals surface area contributed by atoms with Gasteiger partial charge < -0.3 is 10.4 Å². The van der Waals surface area contributed by atoms with E-state index in [0.29, 0.717) is 5.56 Å². The standard InChI is InChI=1S/C17H18N2O2S2/c20-8-12-5-6-13(7-12)19-17(21)15-3-1-2-4-16(15)23-10-14-9-22-11-18-14/h1-6,9,11-13,20H,7-8,10H2,(H,19,21)/t12-,13+/m0/s1. The molecule has 0 bridgehead atoms. The van der Waals surface area contributed by atoms with Crippen molar-refractivity contribution < 1.29 is 9.90 Å². The van der Waals surface area contributed by atoms with Crippen molar-refractivity contribution in [3.63, 3.8) is 0 Å². The van der Waals surface area contributed by atoms with Crippen LogP contribution >= 0.6 is 23.1 Å². The topological polar surface area (TPSA) is 62.2 Å². The smallest absolute Gasteiger partial charge is 0.252 e. The van der Waals surface area contributed by atoms with E-state index in [9.17, 15) is 4.79 Å². The van der Waals surface area contributed by atoms with E-state index < -0.39 is 0 Å². The van der Waals surface area contributed by atoms with Crippen molar-refractivity contribution in [2.45, 2.75) is 23.1 Å². The van der Waals surface area contributed by atoms with Crippen LogP contribution in [0.25, 0.3) is 0 Å². The van der Waals surface area contributed by atoms with Gasteiger partial charge in [-0.05, 0) is 18.6 Å². The number of rotatable bonds is 6. The summed E-state index contributed by atoms with van der Waals surface area (Å²) < 4.78 is 0. The van der Waals surface area contributed by atoms with Crippen molar-refractivity contribution in [1.29, 1.82) is 0 Å². The Balaban J connectivity index is 1.65. The number of amides is 1. The summed E-state index contributed by atoms with van der Waals surface area (Å²) in [7, 11) is 0. The molecule has 0 saturated heterocycles. The lowest BCUT2D eigenvalue weighted by molar-refractivity contribution is 0.0938. The van der Waals surface area contributed by atoms with Crippen LogP contribution in [0.15, 0.2) is 52.2 Å². The van der Waals surface area contributed by atoms with Crippen molar-refractivity contribution >= 4 is 29.0 Å². The molecule has 6 heteroatoms. The Morgan fingerprint density at radius 3 is 3.00 bits per heavy atom. The van der Waals surface area contributed by atoms with Crippen molar-refractivity contribution in [3.8, 4) is 0 Å². The molecule has 0 aliphatic heterocycles. The minimum atomic E-state index is -0.0698. The summed E-state index contributed by atoms with van der Waals surface area (Å²) >= 11 is 3.20. The molecule has 120 valence electrons. The van der Waals surface area contributed by atoms with Gasteiger partial charge in [-0.2, -0.15) is 0 Å². The van der Waals surface area contributed by atoms with Gasteiger partial charge in [0.2, 0.25) is 0 Å². The van der Waals surface area contributed by atoms with E-state index in [-0.39, 0.29) is 24.5 Å². The number of aliphatic hydroxyl groups is 1. The van der Waals surface area contributed by atoms with Gasteiger partial charge in [0.25, 0.3) is 5.91 Å². The van der Waals surface area contributed by atoms with Crippen LogP contribution in [0.1, 0.15) is 22.5 Å². The molecule has 1 aliphatic carbocycles. The maximum atomic E-state index is 12.5. The molecule has 2 atom stereocenters. The minimum absolute atomic E-state index is 0.00348. The quantitative estimate of drug-likeness (QED) is 0.623. The maximum Gasteiger partial charge on any atom is 0.252 e. The van der Waals surface area contributed by atoms with Crippen LogP contribution in [0.2, 0.25) is 0 Å². The van der Waals surface area contributed by atoms with Crippen LogP contribution in [0.4, 0.5) is 0 Å². The number of aromatic nitrogens is 1. The first-order valence-corrected chi connectivity index (χ1v) is 9.38. The molecule has 4 nitrogen and oxygen atoms in total. The third-order valence-corrected chi connectivity index (χ3v) is 5.46. The van der Waals surface area contributed by atoms with E-state index >= 15 is 0 Å². The average Bonchev–Trinajstić information content (AvgIpc) is 3.24. The first-order chi connectivity index (χ1) is 11.3. The van der Waals surface area contributed by atoms with Gasteiger partial charge in [-0.3, -0.25) is 4.79 Å². The van der Waals surface area contributed by atoms with Gasteiger partial charge in [0.1, 0.15) is 0 Å². The molecule has 0 saturated carbocycles. The molecule has 23 heavy (non-hydrogen) atoms. The highest BCUT2D eigenvalue weighted by Crippen LogP contribution is 2.27. The predicted molar refractivity (Wildman–Crippen MR) is 93.7 cm³/mol. The Labute approximate surface area is 143 Å². The van der Waals surface area contributed by atoms with E-state index in [1.54, 1.807) is 23.1 Å². The van der Waals surface area contributed by atoms with Crippen molar-refractivity contribution in [1.82, 2.24) is 10.3 Å².